The van der Waals surface area contributed by atoms with Crippen molar-refractivity contribution in [3.63, 3.8) is 0 Å². The number of phenolic OH excluding ortho intramolecular Hbond substituents is 1. The number of nitrogens with zero attached hydrogens (tertiary/aromatic N) is 3. The second-order valence-electron chi connectivity index (χ2n) is 5.30. The number of carbonyl (C=O) groups excluding carboxylic acids is 2. The first-order chi connectivity index (χ1) is 12.5. The third kappa shape index (κ3) is 4.01. The molecule has 0 saturated carbocycles. The Morgan fingerprint density at radius 3 is 2.69 bits per heavy atom. The van der Waals surface area contributed by atoms with Crippen LogP contribution in [-0.2, 0) is 11.3 Å². The first kappa shape index (κ1) is 17.1. The molecule has 0 spiro atoms. The molecule has 0 aliphatic carbocycles. The Hall–Kier alpha value is -3.75. The number of nitrogens with one attached hydrogen (secondary N) is 2. The van der Waals surface area contributed by atoms with Crippen LogP contribution in [0.25, 0.3) is 11.4 Å². The summed E-state index contributed by atoms with van der Waals surface area (Å²) in [5.74, 6) is -0.206. The van der Waals surface area contributed by atoms with Gasteiger partial charge in [-0.1, -0.05) is 0 Å². The van der Waals surface area contributed by atoms with Gasteiger partial charge in [0.05, 0.1) is 12.1 Å². The lowest BCUT2D eigenvalue weighted by Crippen LogP contribution is -2.23. The van der Waals surface area contributed by atoms with Gasteiger partial charge in [-0.3, -0.25) is 19.7 Å². The van der Waals surface area contributed by atoms with E-state index in [-0.39, 0.29) is 23.6 Å². The number of phenols is 1. The molecule has 2 aromatic heterocycles. The number of aromatic amines is 1. The third-order valence-electron chi connectivity index (χ3n) is 3.36. The molecule has 9 heteroatoms. The van der Waals surface area contributed by atoms with E-state index < -0.39 is 11.9 Å². The Morgan fingerprint density at radius 2 is 2.00 bits per heavy atom. The second kappa shape index (κ2) is 7.43. The number of benzene rings is 1. The van der Waals surface area contributed by atoms with Gasteiger partial charge in [-0.15, -0.1) is 0 Å². The zero-order valence-corrected chi connectivity index (χ0v) is 13.8. The summed E-state index contributed by atoms with van der Waals surface area (Å²) < 4.78 is 4.85. The van der Waals surface area contributed by atoms with Gasteiger partial charge in [0, 0.05) is 30.9 Å². The molecule has 2 heterocycles. The highest BCUT2D eigenvalue weighted by molar-refractivity contribution is 5.97. The summed E-state index contributed by atoms with van der Waals surface area (Å²) in [5, 5.41) is 19.4. The Kier molecular flexibility index (Phi) is 4.88. The maximum Gasteiger partial charge on any atom is 0.308 e. The molecule has 0 fully saturated rings. The number of aromatic hydroxyl groups is 1. The van der Waals surface area contributed by atoms with Gasteiger partial charge in [-0.25, -0.2) is 4.98 Å². The van der Waals surface area contributed by atoms with Crippen molar-refractivity contribution in [1.82, 2.24) is 25.5 Å². The summed E-state index contributed by atoms with van der Waals surface area (Å²) in [6.07, 6.45) is 3.27. The molecule has 26 heavy (non-hydrogen) atoms. The minimum Gasteiger partial charge on any atom is -0.507 e. The van der Waals surface area contributed by atoms with Crippen LogP contribution < -0.4 is 10.1 Å². The molecular weight excluding hydrogens is 338 g/mol. The molecule has 3 N–H and O–H groups in total. The molecule has 132 valence electrons. The predicted molar refractivity (Wildman–Crippen MR) is 90.2 cm³/mol. The van der Waals surface area contributed by atoms with Gasteiger partial charge in [-0.05, 0) is 24.3 Å². The van der Waals surface area contributed by atoms with Crippen LogP contribution in [-0.4, -0.2) is 37.1 Å². The number of hydrogen-bond donors (Lipinski definition) is 3. The van der Waals surface area contributed by atoms with Crippen LogP contribution in [0.15, 0.2) is 42.7 Å². The summed E-state index contributed by atoms with van der Waals surface area (Å²) in [6.45, 7) is 1.34. The average Bonchev–Trinajstić information content (AvgIpc) is 3.09. The number of rotatable bonds is 5. The molecule has 0 aliphatic heterocycles. The Balaban J connectivity index is 1.64. The highest BCUT2D eigenvalue weighted by Crippen LogP contribution is 2.23. The van der Waals surface area contributed by atoms with Gasteiger partial charge >= 0.3 is 5.97 Å². The minimum atomic E-state index is -0.517. The lowest BCUT2D eigenvalue weighted by atomic mass is 10.2. The monoisotopic (exact) mass is 353 g/mol. The van der Waals surface area contributed by atoms with E-state index in [0.29, 0.717) is 11.6 Å². The van der Waals surface area contributed by atoms with E-state index in [1.54, 1.807) is 24.5 Å². The number of esters is 1. The van der Waals surface area contributed by atoms with Crippen molar-refractivity contribution in [1.29, 1.82) is 0 Å². The van der Waals surface area contributed by atoms with Gasteiger partial charge < -0.3 is 15.2 Å². The van der Waals surface area contributed by atoms with Crippen molar-refractivity contribution >= 4 is 11.9 Å². The minimum absolute atomic E-state index is 0.0507. The molecule has 0 atom stereocenters. The van der Waals surface area contributed by atoms with Gasteiger partial charge in [0.25, 0.3) is 5.91 Å². The van der Waals surface area contributed by atoms with E-state index in [2.05, 4.69) is 25.5 Å². The van der Waals surface area contributed by atoms with Crippen LogP contribution in [0.3, 0.4) is 0 Å². The zero-order valence-electron chi connectivity index (χ0n) is 13.8. The molecule has 1 amide bonds. The van der Waals surface area contributed by atoms with Gasteiger partial charge in [0.2, 0.25) is 0 Å². The number of H-pyrrole nitrogens is 1. The largest absolute Gasteiger partial charge is 0.507 e. The number of hydrogen-bond acceptors (Lipinski definition) is 7. The van der Waals surface area contributed by atoms with Crippen LogP contribution in [0.2, 0.25) is 0 Å². The first-order valence-corrected chi connectivity index (χ1v) is 7.64. The molecule has 3 rings (SSSR count). The fourth-order valence-corrected chi connectivity index (χ4v) is 2.20. The van der Waals surface area contributed by atoms with E-state index in [1.807, 2.05) is 0 Å². The average molecular weight is 353 g/mol. The van der Waals surface area contributed by atoms with Crippen LogP contribution in [0.5, 0.6) is 11.5 Å². The molecular formula is C17H15N5O4. The lowest BCUT2D eigenvalue weighted by molar-refractivity contribution is -0.131. The summed E-state index contributed by atoms with van der Waals surface area (Å²) in [7, 11) is 0. The molecule has 0 saturated heterocycles. The molecule has 0 aliphatic rings. The van der Waals surface area contributed by atoms with Crippen molar-refractivity contribution in [3.05, 3.63) is 54.1 Å². The lowest BCUT2D eigenvalue weighted by Gasteiger charge is -2.07. The number of amides is 1. The normalized spacial score (nSPS) is 10.3. The smallest absolute Gasteiger partial charge is 0.308 e. The van der Waals surface area contributed by atoms with Crippen LogP contribution >= 0.6 is 0 Å². The Labute approximate surface area is 148 Å². The third-order valence-corrected chi connectivity index (χ3v) is 3.36. The van der Waals surface area contributed by atoms with Gasteiger partial charge in [-0.2, -0.15) is 5.10 Å². The SMILES string of the molecule is CC(=O)Oc1ccc(C(=O)NCc2nc(-c3ccncc3)n[nH]2)c(O)c1. The van der Waals surface area contributed by atoms with Gasteiger partial charge in [0.1, 0.15) is 17.3 Å². The van der Waals surface area contributed by atoms with Crippen molar-refractivity contribution < 1.29 is 19.4 Å². The Morgan fingerprint density at radius 1 is 1.23 bits per heavy atom. The fraction of sp³-hybridized carbons (Fsp3) is 0.118. The van der Waals surface area contributed by atoms with Gasteiger partial charge in [0.15, 0.2) is 5.82 Å². The molecule has 0 bridgehead atoms. The van der Waals surface area contributed by atoms with Crippen molar-refractivity contribution in [2.75, 3.05) is 0 Å². The standard InChI is InChI=1S/C17H15N5O4/c1-10(23)26-12-2-3-13(14(24)8-12)17(25)19-9-15-20-16(22-21-15)11-4-6-18-7-5-11/h2-8,24H,9H2,1H3,(H,19,25)(H,20,21,22). The van der Waals surface area contributed by atoms with E-state index in [0.717, 1.165) is 5.56 Å². The number of aromatic nitrogens is 4. The second-order valence-corrected chi connectivity index (χ2v) is 5.30. The summed E-state index contributed by atoms with van der Waals surface area (Å²) in [5.41, 5.74) is 0.849. The maximum absolute atomic E-state index is 12.2. The van der Waals surface area contributed by atoms with Crippen LogP contribution in [0.1, 0.15) is 23.1 Å². The fourth-order valence-electron chi connectivity index (χ4n) is 2.20. The van der Waals surface area contributed by atoms with Crippen molar-refractivity contribution in [3.8, 4) is 22.9 Å². The summed E-state index contributed by atoms with van der Waals surface area (Å²) in [6, 6.07) is 7.53. The topological polar surface area (TPSA) is 130 Å². The van der Waals surface area contributed by atoms with E-state index in [9.17, 15) is 14.7 Å². The maximum atomic E-state index is 12.2. The summed E-state index contributed by atoms with van der Waals surface area (Å²) in [4.78, 5) is 31.3. The molecule has 0 unspecified atom stereocenters. The molecule has 3 aromatic rings. The molecule has 0 radical (unpaired) electrons. The van der Waals surface area contributed by atoms with E-state index in [4.69, 9.17) is 4.74 Å². The van der Waals surface area contributed by atoms with E-state index >= 15 is 0 Å². The summed E-state index contributed by atoms with van der Waals surface area (Å²) >= 11 is 0. The molecule has 9 nitrogen and oxygen atoms in total. The predicted octanol–water partition coefficient (Wildman–Crippen LogP) is 1.43. The van der Waals surface area contributed by atoms with E-state index in [1.165, 1.54) is 25.1 Å². The molecule has 1 aromatic carbocycles. The quantitative estimate of drug-likeness (QED) is 0.467. The first-order valence-electron chi connectivity index (χ1n) is 7.64. The van der Waals surface area contributed by atoms with Crippen molar-refractivity contribution in [2.24, 2.45) is 0 Å². The number of pyridine rings is 1. The number of ether oxygens (including phenoxy) is 1. The van der Waals surface area contributed by atoms with Crippen LogP contribution in [0, 0.1) is 0 Å². The Bertz CT molecular complexity index is 939. The zero-order chi connectivity index (χ0) is 18.5. The highest BCUT2D eigenvalue weighted by Gasteiger charge is 2.14. The number of carbonyl (C=O) groups is 2. The highest BCUT2D eigenvalue weighted by atomic mass is 16.5. The van der Waals surface area contributed by atoms with Crippen LogP contribution in [0.4, 0.5) is 0 Å². The van der Waals surface area contributed by atoms with Crippen molar-refractivity contribution in [2.45, 2.75) is 13.5 Å².